The zero-order valence-corrected chi connectivity index (χ0v) is 26.5. The van der Waals surface area contributed by atoms with Crippen LogP contribution >= 0.6 is 0 Å². The molecule has 2 fully saturated rings. The summed E-state index contributed by atoms with van der Waals surface area (Å²) in [7, 11) is -7.82. The number of ketones is 1. The Labute approximate surface area is 257 Å². The molecular formula is C29H36N2O11S2. The van der Waals surface area contributed by atoms with E-state index < -0.39 is 51.0 Å². The summed E-state index contributed by atoms with van der Waals surface area (Å²) in [5.74, 6) is -2.61. The third-order valence-electron chi connectivity index (χ3n) is 6.92. The smallest absolute Gasteiger partial charge is 0.338 e. The molecular weight excluding hydrogens is 616 g/mol. The van der Waals surface area contributed by atoms with E-state index in [1.165, 1.54) is 57.1 Å². The van der Waals surface area contributed by atoms with Gasteiger partial charge in [-0.3, -0.25) is 4.79 Å². The minimum Gasteiger partial charge on any atom is -0.454 e. The topological polar surface area (TPSA) is 163 Å². The van der Waals surface area contributed by atoms with Crippen molar-refractivity contribution in [1.82, 2.24) is 8.61 Å². The summed E-state index contributed by atoms with van der Waals surface area (Å²) in [5.41, 5.74) is -0.153. The molecule has 13 nitrogen and oxygen atoms in total. The van der Waals surface area contributed by atoms with Gasteiger partial charge in [0.2, 0.25) is 25.8 Å². The first kappa shape index (κ1) is 33.7. The van der Waals surface area contributed by atoms with Gasteiger partial charge in [-0.25, -0.2) is 26.4 Å². The van der Waals surface area contributed by atoms with Crippen LogP contribution in [0.4, 0.5) is 0 Å². The molecule has 4 rings (SSSR count). The number of hydrogen-bond acceptors (Lipinski definition) is 11. The lowest BCUT2D eigenvalue weighted by Gasteiger charge is -2.34. The molecule has 0 radical (unpaired) electrons. The maximum absolute atomic E-state index is 13.1. The van der Waals surface area contributed by atoms with Crippen LogP contribution < -0.4 is 0 Å². The van der Waals surface area contributed by atoms with Gasteiger partial charge in [0.25, 0.3) is 0 Å². The second-order valence-electron chi connectivity index (χ2n) is 10.9. The summed E-state index contributed by atoms with van der Waals surface area (Å²) in [6.07, 6.45) is -1.16. The Morgan fingerprint density at radius 3 is 1.34 bits per heavy atom. The zero-order chi connectivity index (χ0) is 32.2. The number of carbonyl (C=O) groups is 3. The highest BCUT2D eigenvalue weighted by Gasteiger charge is 2.34. The van der Waals surface area contributed by atoms with Gasteiger partial charge < -0.3 is 18.9 Å². The van der Waals surface area contributed by atoms with Gasteiger partial charge in [-0.15, -0.1) is 0 Å². The number of rotatable bonds is 10. The summed E-state index contributed by atoms with van der Waals surface area (Å²) in [4.78, 5) is 37.3. The van der Waals surface area contributed by atoms with E-state index in [2.05, 4.69) is 0 Å². The summed E-state index contributed by atoms with van der Waals surface area (Å²) < 4.78 is 76.4. The molecule has 0 bridgehead atoms. The van der Waals surface area contributed by atoms with E-state index in [-0.39, 0.29) is 71.5 Å². The van der Waals surface area contributed by atoms with Gasteiger partial charge in [0.15, 0.2) is 13.2 Å². The van der Waals surface area contributed by atoms with Crippen molar-refractivity contribution in [2.45, 2.75) is 61.9 Å². The van der Waals surface area contributed by atoms with E-state index in [1.807, 2.05) is 0 Å². The van der Waals surface area contributed by atoms with Gasteiger partial charge in [0, 0.05) is 26.2 Å². The Morgan fingerprint density at radius 1 is 0.659 bits per heavy atom. The minimum atomic E-state index is -3.91. The van der Waals surface area contributed by atoms with E-state index in [9.17, 15) is 31.2 Å². The van der Waals surface area contributed by atoms with Crippen LogP contribution in [0.3, 0.4) is 0 Å². The average Bonchev–Trinajstić information content (AvgIpc) is 2.97. The van der Waals surface area contributed by atoms with Gasteiger partial charge in [0.05, 0.1) is 45.3 Å². The van der Waals surface area contributed by atoms with Gasteiger partial charge in [-0.1, -0.05) is 12.1 Å². The van der Waals surface area contributed by atoms with Crippen LogP contribution in [-0.2, 0) is 43.8 Å². The molecule has 2 aliphatic heterocycles. The monoisotopic (exact) mass is 652 g/mol. The van der Waals surface area contributed by atoms with Crippen LogP contribution in [-0.4, -0.2) is 107 Å². The molecule has 2 aromatic rings. The standard InChI is InChI=1S/C29H36N2O11S2/c1-19-13-30(14-20(2)41-19)43(35,36)26-9-5-7-23(11-26)28(33)39-17-25(32)18-40-29(34)24-8-6-10-27(12-24)44(37,38)31-15-21(3)42-22(4)16-31/h5-12,19-22H,13-18H2,1-4H3/t19-,20+,21-,22+. The van der Waals surface area contributed by atoms with Gasteiger partial charge >= 0.3 is 11.9 Å². The van der Waals surface area contributed by atoms with Crippen LogP contribution in [0.1, 0.15) is 48.4 Å². The molecule has 240 valence electrons. The van der Waals surface area contributed by atoms with Crippen molar-refractivity contribution in [1.29, 1.82) is 0 Å². The van der Waals surface area contributed by atoms with Crippen molar-refractivity contribution in [3.63, 3.8) is 0 Å². The fraction of sp³-hybridized carbons (Fsp3) is 0.483. The van der Waals surface area contributed by atoms with Gasteiger partial charge in [-0.2, -0.15) is 8.61 Å². The number of morpholine rings is 2. The summed E-state index contributed by atoms with van der Waals surface area (Å²) in [6, 6.07) is 10.6. The van der Waals surface area contributed by atoms with Gasteiger partial charge in [0.1, 0.15) is 0 Å². The molecule has 2 heterocycles. The van der Waals surface area contributed by atoms with Crippen LogP contribution in [0, 0.1) is 0 Å². The first-order valence-corrected chi connectivity index (χ1v) is 16.9. The number of ether oxygens (including phenoxy) is 4. The molecule has 2 saturated heterocycles. The van der Waals surface area contributed by atoms with E-state index >= 15 is 0 Å². The fourth-order valence-corrected chi connectivity index (χ4v) is 8.29. The van der Waals surface area contributed by atoms with Gasteiger partial charge in [-0.05, 0) is 64.1 Å². The van der Waals surface area contributed by atoms with Crippen LogP contribution in [0.5, 0.6) is 0 Å². The maximum atomic E-state index is 13.1. The molecule has 4 atom stereocenters. The number of carbonyl (C=O) groups excluding carboxylic acids is 3. The molecule has 2 aromatic carbocycles. The van der Waals surface area contributed by atoms with E-state index in [0.717, 1.165) is 0 Å². The molecule has 44 heavy (non-hydrogen) atoms. The maximum Gasteiger partial charge on any atom is 0.338 e. The Balaban J connectivity index is 1.32. The molecule has 0 spiro atoms. The van der Waals surface area contributed by atoms with E-state index in [1.54, 1.807) is 27.7 Å². The van der Waals surface area contributed by atoms with Crippen molar-refractivity contribution in [2.75, 3.05) is 39.4 Å². The highest BCUT2D eigenvalue weighted by molar-refractivity contribution is 7.89. The molecule has 0 aliphatic carbocycles. The van der Waals surface area contributed by atoms with Crippen molar-refractivity contribution in [3.05, 3.63) is 59.7 Å². The van der Waals surface area contributed by atoms with E-state index in [4.69, 9.17) is 18.9 Å². The first-order valence-electron chi connectivity index (χ1n) is 14.0. The van der Waals surface area contributed by atoms with E-state index in [0.29, 0.717) is 0 Å². The second kappa shape index (κ2) is 13.8. The first-order chi connectivity index (χ1) is 20.7. The predicted molar refractivity (Wildman–Crippen MR) is 156 cm³/mol. The lowest BCUT2D eigenvalue weighted by Crippen LogP contribution is -2.48. The molecule has 0 N–H and O–H groups in total. The summed E-state index contributed by atoms with van der Waals surface area (Å²) in [5, 5.41) is 0. The highest BCUT2D eigenvalue weighted by Crippen LogP contribution is 2.24. The number of sulfonamides is 2. The van der Waals surface area contributed by atoms with Crippen LogP contribution in [0.25, 0.3) is 0 Å². The number of benzene rings is 2. The van der Waals surface area contributed by atoms with Crippen molar-refractivity contribution < 1.29 is 50.2 Å². The van der Waals surface area contributed by atoms with Crippen LogP contribution in [0.15, 0.2) is 58.3 Å². The van der Waals surface area contributed by atoms with Crippen LogP contribution in [0.2, 0.25) is 0 Å². The Morgan fingerprint density at radius 2 is 1.00 bits per heavy atom. The Kier molecular flexibility index (Phi) is 10.6. The Bertz CT molecular complexity index is 1470. The SMILES string of the molecule is C[C@@H]1CN(S(=O)(=O)c2cccc(C(=O)OCC(=O)COC(=O)c3cccc(S(=O)(=O)N4C[C@@H](C)O[C@@H](C)C4)c3)c2)C[C@H](C)O1. The average molecular weight is 653 g/mol. The predicted octanol–water partition coefficient (Wildman–Crippen LogP) is 1.87. The number of hydrogen-bond donors (Lipinski definition) is 0. The largest absolute Gasteiger partial charge is 0.454 e. The normalized spacial score (nSPS) is 23.5. The fourth-order valence-electron chi connectivity index (χ4n) is 5.02. The lowest BCUT2D eigenvalue weighted by atomic mass is 10.2. The molecule has 0 unspecified atom stereocenters. The highest BCUT2D eigenvalue weighted by atomic mass is 32.2. The van der Waals surface area contributed by atoms with Crippen molar-refractivity contribution in [3.8, 4) is 0 Å². The number of Topliss-reactive ketones (excluding diaryl/α,β-unsaturated/α-hetero) is 1. The molecule has 2 aliphatic rings. The van der Waals surface area contributed by atoms with Crippen molar-refractivity contribution in [2.24, 2.45) is 0 Å². The third kappa shape index (κ3) is 8.08. The summed E-state index contributed by atoms with van der Waals surface area (Å²) in [6.45, 7) is 6.30. The number of nitrogens with zero attached hydrogens (tertiary/aromatic N) is 2. The third-order valence-corrected chi connectivity index (χ3v) is 10.6. The zero-order valence-electron chi connectivity index (χ0n) is 24.9. The molecule has 0 saturated carbocycles. The quantitative estimate of drug-likeness (QED) is 0.344. The summed E-state index contributed by atoms with van der Waals surface area (Å²) >= 11 is 0. The lowest BCUT2D eigenvalue weighted by molar-refractivity contribution is -0.125. The minimum absolute atomic E-state index is 0.0766. The molecule has 0 amide bonds. The second-order valence-corrected chi connectivity index (χ2v) is 14.8. The molecule has 15 heteroatoms. The molecule has 0 aromatic heterocycles. The Hall–Kier alpha value is -3.21. The van der Waals surface area contributed by atoms with Crippen molar-refractivity contribution >= 4 is 37.8 Å². The number of esters is 2.